The molecule has 0 radical (unpaired) electrons. The second kappa shape index (κ2) is 3.82. The van der Waals surface area contributed by atoms with E-state index in [1.807, 2.05) is 0 Å². The zero-order chi connectivity index (χ0) is 9.38. The lowest BCUT2D eigenvalue weighted by molar-refractivity contribution is 0.150. The van der Waals surface area contributed by atoms with E-state index in [4.69, 9.17) is 0 Å². The molecule has 3 heterocycles. The molecule has 0 aromatic carbocycles. The summed E-state index contributed by atoms with van der Waals surface area (Å²) < 4.78 is 0. The lowest BCUT2D eigenvalue weighted by atomic mass is 9.82. The molecule has 0 aromatic heterocycles. The van der Waals surface area contributed by atoms with E-state index in [2.05, 4.69) is 10.2 Å². The van der Waals surface area contributed by atoms with Crippen LogP contribution in [0.25, 0.3) is 0 Å². The van der Waals surface area contributed by atoms with E-state index in [-0.39, 0.29) is 0 Å². The summed E-state index contributed by atoms with van der Waals surface area (Å²) in [6, 6.07) is 0.966. The van der Waals surface area contributed by atoms with Crippen molar-refractivity contribution in [2.75, 3.05) is 26.2 Å². The summed E-state index contributed by atoms with van der Waals surface area (Å²) in [5, 5.41) is 3.53. The summed E-state index contributed by atoms with van der Waals surface area (Å²) in [7, 11) is 0. The van der Waals surface area contributed by atoms with Crippen LogP contribution in [-0.2, 0) is 0 Å². The molecule has 3 aliphatic heterocycles. The van der Waals surface area contributed by atoms with Gasteiger partial charge < -0.3 is 10.2 Å². The molecule has 3 unspecified atom stereocenters. The van der Waals surface area contributed by atoms with Gasteiger partial charge in [0.25, 0.3) is 0 Å². The minimum Gasteiger partial charge on any atom is -0.316 e. The van der Waals surface area contributed by atoms with Crippen LogP contribution in [0.2, 0.25) is 0 Å². The van der Waals surface area contributed by atoms with Crippen molar-refractivity contribution in [3.63, 3.8) is 0 Å². The molecule has 0 aliphatic carbocycles. The molecule has 3 atom stereocenters. The number of hydrogen-bond donors (Lipinski definition) is 1. The van der Waals surface area contributed by atoms with Gasteiger partial charge in [-0.25, -0.2) is 0 Å². The SMILES string of the molecule is C1CCN2CCC(C3CCNC3)C2C1. The van der Waals surface area contributed by atoms with Crippen LogP contribution in [-0.4, -0.2) is 37.1 Å². The Morgan fingerprint density at radius 2 is 2.00 bits per heavy atom. The summed E-state index contributed by atoms with van der Waals surface area (Å²) in [6.45, 7) is 5.36. The largest absolute Gasteiger partial charge is 0.316 e. The maximum atomic E-state index is 3.53. The fraction of sp³-hybridized carbons (Fsp3) is 1.00. The minimum atomic E-state index is 0.966. The normalized spacial score (nSPS) is 44.1. The van der Waals surface area contributed by atoms with Crippen LogP contribution in [0, 0.1) is 11.8 Å². The van der Waals surface area contributed by atoms with Crippen LogP contribution in [0.5, 0.6) is 0 Å². The molecule has 1 N–H and O–H groups in total. The third-order valence-corrected chi connectivity index (χ3v) is 4.61. The van der Waals surface area contributed by atoms with Gasteiger partial charge in [0.2, 0.25) is 0 Å². The molecule has 14 heavy (non-hydrogen) atoms. The Bertz CT molecular complexity index is 198. The highest BCUT2D eigenvalue weighted by Gasteiger charge is 2.40. The molecule has 0 saturated carbocycles. The average molecular weight is 194 g/mol. The van der Waals surface area contributed by atoms with E-state index in [1.54, 1.807) is 0 Å². The Hall–Kier alpha value is -0.0800. The summed E-state index contributed by atoms with van der Waals surface area (Å²) in [5.41, 5.74) is 0. The fourth-order valence-corrected chi connectivity index (χ4v) is 3.88. The zero-order valence-corrected chi connectivity index (χ0v) is 9.04. The molecule has 80 valence electrons. The topological polar surface area (TPSA) is 15.3 Å². The number of hydrogen-bond acceptors (Lipinski definition) is 2. The Labute approximate surface area is 87.0 Å². The van der Waals surface area contributed by atoms with Crippen molar-refractivity contribution >= 4 is 0 Å². The van der Waals surface area contributed by atoms with Crippen molar-refractivity contribution in [2.45, 2.75) is 38.1 Å². The van der Waals surface area contributed by atoms with E-state index in [0.717, 1.165) is 17.9 Å². The van der Waals surface area contributed by atoms with Gasteiger partial charge in [0.15, 0.2) is 0 Å². The zero-order valence-electron chi connectivity index (χ0n) is 9.04. The smallest absolute Gasteiger partial charge is 0.0127 e. The highest BCUT2D eigenvalue weighted by molar-refractivity contribution is 4.94. The Morgan fingerprint density at radius 3 is 2.86 bits per heavy atom. The van der Waals surface area contributed by atoms with Gasteiger partial charge in [-0.05, 0) is 63.7 Å². The Morgan fingerprint density at radius 1 is 1.00 bits per heavy atom. The Balaban J connectivity index is 1.68. The molecule has 3 rings (SSSR count). The number of nitrogens with one attached hydrogen (secondary N) is 1. The fourth-order valence-electron chi connectivity index (χ4n) is 3.88. The first-order chi connectivity index (χ1) is 6.95. The Kier molecular flexibility index (Phi) is 2.50. The lowest BCUT2D eigenvalue weighted by Gasteiger charge is -2.34. The van der Waals surface area contributed by atoms with Gasteiger partial charge in [-0.15, -0.1) is 0 Å². The lowest BCUT2D eigenvalue weighted by Crippen LogP contribution is -2.39. The first-order valence-corrected chi connectivity index (χ1v) is 6.40. The van der Waals surface area contributed by atoms with Gasteiger partial charge in [-0.1, -0.05) is 6.42 Å². The van der Waals surface area contributed by atoms with Gasteiger partial charge in [0.1, 0.15) is 0 Å². The van der Waals surface area contributed by atoms with Gasteiger partial charge in [0, 0.05) is 6.04 Å². The standard InChI is InChI=1S/C12H22N2/c1-2-7-14-8-5-11(12(14)3-1)10-4-6-13-9-10/h10-13H,1-9H2. The molecular formula is C12H22N2. The third-order valence-electron chi connectivity index (χ3n) is 4.61. The van der Waals surface area contributed by atoms with Crippen molar-refractivity contribution in [1.82, 2.24) is 10.2 Å². The molecular weight excluding hydrogens is 172 g/mol. The maximum Gasteiger partial charge on any atom is 0.0127 e. The predicted octanol–water partition coefficient (Wildman–Crippen LogP) is 1.47. The number of fused-ring (bicyclic) bond motifs is 1. The van der Waals surface area contributed by atoms with Crippen molar-refractivity contribution in [3.05, 3.63) is 0 Å². The van der Waals surface area contributed by atoms with Gasteiger partial charge >= 0.3 is 0 Å². The summed E-state index contributed by atoms with van der Waals surface area (Å²) in [6.07, 6.45) is 7.34. The van der Waals surface area contributed by atoms with Crippen molar-refractivity contribution in [2.24, 2.45) is 11.8 Å². The van der Waals surface area contributed by atoms with Gasteiger partial charge in [-0.2, -0.15) is 0 Å². The molecule has 2 heteroatoms. The van der Waals surface area contributed by atoms with Crippen LogP contribution in [0.4, 0.5) is 0 Å². The van der Waals surface area contributed by atoms with E-state index in [0.29, 0.717) is 0 Å². The van der Waals surface area contributed by atoms with Crippen LogP contribution in [0.15, 0.2) is 0 Å². The molecule has 0 bridgehead atoms. The first kappa shape index (κ1) is 9.17. The van der Waals surface area contributed by atoms with Gasteiger partial charge in [-0.3, -0.25) is 0 Å². The molecule has 0 spiro atoms. The highest BCUT2D eigenvalue weighted by Crippen LogP contribution is 2.38. The van der Waals surface area contributed by atoms with Crippen LogP contribution < -0.4 is 5.32 Å². The van der Waals surface area contributed by atoms with Crippen molar-refractivity contribution < 1.29 is 0 Å². The number of piperidine rings is 1. The van der Waals surface area contributed by atoms with E-state index in [1.165, 1.54) is 58.3 Å². The third kappa shape index (κ3) is 1.49. The summed E-state index contributed by atoms with van der Waals surface area (Å²) >= 11 is 0. The number of nitrogens with zero attached hydrogens (tertiary/aromatic N) is 1. The monoisotopic (exact) mass is 194 g/mol. The second-order valence-electron chi connectivity index (χ2n) is 5.30. The predicted molar refractivity (Wildman–Crippen MR) is 58.3 cm³/mol. The molecule has 0 aromatic rings. The average Bonchev–Trinajstić information content (AvgIpc) is 2.85. The van der Waals surface area contributed by atoms with Crippen LogP contribution >= 0.6 is 0 Å². The molecule has 3 fully saturated rings. The maximum absolute atomic E-state index is 3.53. The number of rotatable bonds is 1. The summed E-state index contributed by atoms with van der Waals surface area (Å²) in [4.78, 5) is 2.77. The van der Waals surface area contributed by atoms with Gasteiger partial charge in [0.05, 0.1) is 0 Å². The van der Waals surface area contributed by atoms with E-state index in [9.17, 15) is 0 Å². The van der Waals surface area contributed by atoms with E-state index < -0.39 is 0 Å². The van der Waals surface area contributed by atoms with E-state index >= 15 is 0 Å². The summed E-state index contributed by atoms with van der Waals surface area (Å²) in [5.74, 6) is 2.04. The molecule has 3 saturated heterocycles. The quantitative estimate of drug-likeness (QED) is 0.680. The van der Waals surface area contributed by atoms with Crippen LogP contribution in [0.3, 0.4) is 0 Å². The second-order valence-corrected chi connectivity index (χ2v) is 5.30. The van der Waals surface area contributed by atoms with Crippen molar-refractivity contribution in [1.29, 1.82) is 0 Å². The van der Waals surface area contributed by atoms with Crippen molar-refractivity contribution in [3.8, 4) is 0 Å². The first-order valence-electron chi connectivity index (χ1n) is 6.40. The highest BCUT2D eigenvalue weighted by atomic mass is 15.2. The molecule has 2 nitrogen and oxygen atoms in total. The minimum absolute atomic E-state index is 0.966. The molecule has 3 aliphatic rings. The van der Waals surface area contributed by atoms with Crippen LogP contribution in [0.1, 0.15) is 32.1 Å². The molecule has 0 amide bonds.